The summed E-state index contributed by atoms with van der Waals surface area (Å²) in [6.45, 7) is 0.746. The molecule has 2 amide bonds. The standard InChI is InChI=1S/C22H24ClN7O2.2ClH/c23-17-8-9-19(30-14-26-27-28-30)16(12-17)13-25-21(31)20-7-4-10-29(20)22(32)18(24)11-15-5-2-1-3-6-15;;/h1-3,5-6,8-9,12,14,18,20H,4,7,10-11,13,24H2,(H,25,31);2*1H/t18-,20-;;/m0../s1. The molecule has 0 unspecified atom stereocenters. The molecule has 0 spiro atoms. The van der Waals surface area contributed by atoms with Gasteiger partial charge in [0, 0.05) is 18.1 Å². The number of likely N-dealkylation sites (tertiary alicyclic amines) is 1. The van der Waals surface area contributed by atoms with Crippen LogP contribution in [-0.4, -0.2) is 55.5 Å². The topological polar surface area (TPSA) is 119 Å². The summed E-state index contributed by atoms with van der Waals surface area (Å²) in [5.41, 5.74) is 8.65. The number of nitrogens with two attached hydrogens (primary N) is 1. The lowest BCUT2D eigenvalue weighted by Gasteiger charge is -2.27. The number of rotatable bonds is 7. The monoisotopic (exact) mass is 525 g/mol. The Kier molecular flexibility index (Phi) is 10.2. The highest BCUT2D eigenvalue weighted by Gasteiger charge is 2.36. The van der Waals surface area contributed by atoms with E-state index in [9.17, 15) is 9.59 Å². The van der Waals surface area contributed by atoms with Gasteiger partial charge in [0.15, 0.2) is 0 Å². The van der Waals surface area contributed by atoms with E-state index >= 15 is 0 Å². The van der Waals surface area contributed by atoms with Crippen LogP contribution in [0.25, 0.3) is 5.69 Å². The summed E-state index contributed by atoms with van der Waals surface area (Å²) in [7, 11) is 0. The lowest BCUT2D eigenvalue weighted by atomic mass is 10.1. The second-order valence-electron chi connectivity index (χ2n) is 7.73. The number of tetrazole rings is 1. The van der Waals surface area contributed by atoms with Gasteiger partial charge in [-0.05, 0) is 59.0 Å². The van der Waals surface area contributed by atoms with Crippen molar-refractivity contribution >= 4 is 48.2 Å². The summed E-state index contributed by atoms with van der Waals surface area (Å²) >= 11 is 6.15. The Bertz CT molecular complexity index is 1080. The molecule has 3 aromatic rings. The van der Waals surface area contributed by atoms with Crippen LogP contribution in [0.3, 0.4) is 0 Å². The van der Waals surface area contributed by atoms with E-state index in [1.54, 1.807) is 23.1 Å². The van der Waals surface area contributed by atoms with Gasteiger partial charge in [-0.3, -0.25) is 9.59 Å². The third kappa shape index (κ3) is 6.44. The first kappa shape index (κ1) is 27.5. The van der Waals surface area contributed by atoms with Crippen LogP contribution >= 0.6 is 36.4 Å². The second kappa shape index (κ2) is 12.7. The average Bonchev–Trinajstić information content (AvgIpc) is 3.50. The summed E-state index contributed by atoms with van der Waals surface area (Å²) in [5, 5.41) is 14.7. The molecule has 2 atom stereocenters. The Balaban J connectivity index is 0.00000204. The summed E-state index contributed by atoms with van der Waals surface area (Å²) in [4.78, 5) is 27.5. The van der Waals surface area contributed by atoms with Crippen molar-refractivity contribution in [1.29, 1.82) is 0 Å². The van der Waals surface area contributed by atoms with Crippen molar-refractivity contribution in [3.8, 4) is 5.69 Å². The smallest absolute Gasteiger partial charge is 0.243 e. The van der Waals surface area contributed by atoms with Crippen LogP contribution in [0.15, 0.2) is 54.9 Å². The minimum atomic E-state index is -0.690. The van der Waals surface area contributed by atoms with Crippen LogP contribution in [0.5, 0.6) is 0 Å². The third-order valence-corrected chi connectivity index (χ3v) is 5.78. The van der Waals surface area contributed by atoms with E-state index < -0.39 is 12.1 Å². The van der Waals surface area contributed by atoms with Gasteiger partial charge >= 0.3 is 0 Å². The van der Waals surface area contributed by atoms with Gasteiger partial charge in [0.25, 0.3) is 0 Å². The molecule has 182 valence electrons. The van der Waals surface area contributed by atoms with Gasteiger partial charge in [-0.15, -0.1) is 29.9 Å². The molecule has 2 heterocycles. The van der Waals surface area contributed by atoms with Crippen molar-refractivity contribution in [2.24, 2.45) is 5.73 Å². The molecular weight excluding hydrogens is 501 g/mol. The minimum Gasteiger partial charge on any atom is -0.350 e. The minimum absolute atomic E-state index is 0. The van der Waals surface area contributed by atoms with Gasteiger partial charge in [0.05, 0.1) is 11.7 Å². The predicted molar refractivity (Wildman–Crippen MR) is 133 cm³/mol. The van der Waals surface area contributed by atoms with E-state index in [2.05, 4.69) is 20.8 Å². The van der Waals surface area contributed by atoms with E-state index in [0.29, 0.717) is 30.1 Å². The summed E-state index contributed by atoms with van der Waals surface area (Å²) < 4.78 is 1.51. The normalized spacial score (nSPS) is 15.7. The molecule has 1 aromatic heterocycles. The van der Waals surface area contributed by atoms with Crippen molar-refractivity contribution in [3.63, 3.8) is 0 Å². The molecule has 2 aromatic carbocycles. The van der Waals surface area contributed by atoms with Crippen LogP contribution in [0.4, 0.5) is 0 Å². The SMILES string of the molecule is Cl.Cl.N[C@@H](Cc1ccccc1)C(=O)N1CCC[C@H]1C(=O)NCc1cc(Cl)ccc1-n1cnnn1. The zero-order valence-corrected chi connectivity index (χ0v) is 20.6. The largest absolute Gasteiger partial charge is 0.350 e. The second-order valence-corrected chi connectivity index (χ2v) is 8.17. The number of nitrogens with zero attached hydrogens (tertiary/aromatic N) is 5. The van der Waals surface area contributed by atoms with Gasteiger partial charge < -0.3 is 16.0 Å². The average molecular weight is 527 g/mol. The summed E-state index contributed by atoms with van der Waals surface area (Å²) in [6.07, 6.45) is 3.27. The quantitative estimate of drug-likeness (QED) is 0.488. The first-order valence-electron chi connectivity index (χ1n) is 10.4. The third-order valence-electron chi connectivity index (χ3n) is 5.54. The van der Waals surface area contributed by atoms with Gasteiger partial charge in [-0.2, -0.15) is 0 Å². The maximum absolute atomic E-state index is 13.0. The Labute approximate surface area is 214 Å². The molecule has 4 rings (SSSR count). The van der Waals surface area contributed by atoms with Crippen molar-refractivity contribution in [1.82, 2.24) is 30.4 Å². The van der Waals surface area contributed by atoms with Crippen LogP contribution in [-0.2, 0) is 22.6 Å². The van der Waals surface area contributed by atoms with E-state index in [4.69, 9.17) is 17.3 Å². The van der Waals surface area contributed by atoms with Gasteiger partial charge in [-0.1, -0.05) is 41.9 Å². The van der Waals surface area contributed by atoms with Crippen molar-refractivity contribution < 1.29 is 9.59 Å². The highest BCUT2D eigenvalue weighted by Crippen LogP contribution is 2.21. The number of hydrogen-bond donors (Lipinski definition) is 2. The number of aromatic nitrogens is 4. The van der Waals surface area contributed by atoms with E-state index in [-0.39, 0.29) is 43.2 Å². The fourth-order valence-corrected chi connectivity index (χ4v) is 4.16. The lowest BCUT2D eigenvalue weighted by Crippen LogP contribution is -2.51. The molecule has 0 radical (unpaired) electrons. The Morgan fingerprint density at radius 1 is 1.18 bits per heavy atom. The first-order valence-corrected chi connectivity index (χ1v) is 10.8. The molecule has 1 saturated heterocycles. The van der Waals surface area contributed by atoms with Crippen LogP contribution in [0.1, 0.15) is 24.0 Å². The van der Waals surface area contributed by atoms with E-state index in [1.807, 2.05) is 30.3 Å². The zero-order valence-electron chi connectivity index (χ0n) is 18.2. The highest BCUT2D eigenvalue weighted by molar-refractivity contribution is 6.30. The maximum atomic E-state index is 13.0. The lowest BCUT2D eigenvalue weighted by molar-refractivity contribution is -0.139. The van der Waals surface area contributed by atoms with Crippen LogP contribution in [0.2, 0.25) is 5.02 Å². The Hall–Kier alpha value is -2.72. The Morgan fingerprint density at radius 2 is 1.94 bits per heavy atom. The number of amides is 2. The summed E-state index contributed by atoms with van der Waals surface area (Å²) in [5.74, 6) is -0.422. The van der Waals surface area contributed by atoms with Crippen molar-refractivity contribution in [2.75, 3.05) is 6.54 Å². The van der Waals surface area contributed by atoms with E-state index in [1.165, 1.54) is 11.0 Å². The molecular formula is C22H26Cl3N7O2. The highest BCUT2D eigenvalue weighted by atomic mass is 35.5. The molecule has 1 fully saturated rings. The first-order chi connectivity index (χ1) is 15.5. The zero-order chi connectivity index (χ0) is 22.5. The van der Waals surface area contributed by atoms with Gasteiger partial charge in [0.2, 0.25) is 11.8 Å². The molecule has 12 heteroatoms. The van der Waals surface area contributed by atoms with E-state index in [0.717, 1.165) is 17.5 Å². The van der Waals surface area contributed by atoms with Crippen LogP contribution < -0.4 is 11.1 Å². The van der Waals surface area contributed by atoms with Crippen LogP contribution in [0, 0.1) is 0 Å². The number of hydrogen-bond acceptors (Lipinski definition) is 6. The molecule has 34 heavy (non-hydrogen) atoms. The molecule has 0 saturated carbocycles. The Morgan fingerprint density at radius 3 is 2.65 bits per heavy atom. The molecule has 9 nitrogen and oxygen atoms in total. The number of carbonyl (C=O) groups excluding carboxylic acids is 2. The molecule has 1 aliphatic rings. The fraction of sp³-hybridized carbons (Fsp3) is 0.318. The maximum Gasteiger partial charge on any atom is 0.243 e. The number of carbonyl (C=O) groups is 2. The summed E-state index contributed by atoms with van der Waals surface area (Å²) in [6, 6.07) is 13.7. The molecule has 3 N–H and O–H groups in total. The van der Waals surface area contributed by atoms with Crippen molar-refractivity contribution in [2.45, 2.75) is 37.9 Å². The number of halogens is 3. The fourth-order valence-electron chi connectivity index (χ4n) is 3.96. The van der Waals surface area contributed by atoms with Gasteiger partial charge in [-0.25, -0.2) is 4.68 Å². The number of nitrogens with one attached hydrogen (secondary N) is 1. The molecule has 0 bridgehead atoms. The molecule has 0 aliphatic carbocycles. The predicted octanol–water partition coefficient (Wildman–Crippen LogP) is 2.34. The number of benzene rings is 2. The van der Waals surface area contributed by atoms with Crippen molar-refractivity contribution in [3.05, 3.63) is 71.0 Å². The van der Waals surface area contributed by atoms with Gasteiger partial charge in [0.1, 0.15) is 12.4 Å². The molecule has 1 aliphatic heterocycles.